The molecule has 0 saturated carbocycles. The molecule has 0 spiro atoms. The van der Waals surface area contributed by atoms with Crippen molar-refractivity contribution in [1.29, 1.82) is 0 Å². The van der Waals surface area contributed by atoms with E-state index in [2.05, 4.69) is 35.6 Å². The summed E-state index contributed by atoms with van der Waals surface area (Å²) >= 11 is 0. The number of nitrogens with one attached hydrogen (secondary N) is 1. The van der Waals surface area contributed by atoms with Gasteiger partial charge in [0.2, 0.25) is 12.5 Å². The van der Waals surface area contributed by atoms with Gasteiger partial charge in [0.15, 0.2) is 23.0 Å². The average molecular weight is 434 g/mol. The highest BCUT2D eigenvalue weighted by Crippen LogP contribution is 2.49. The molecule has 0 fully saturated rings. The predicted octanol–water partition coefficient (Wildman–Crippen LogP) is 4.44. The van der Waals surface area contributed by atoms with Gasteiger partial charge in [0.1, 0.15) is 6.61 Å². The van der Waals surface area contributed by atoms with E-state index in [1.807, 2.05) is 24.3 Å². The van der Waals surface area contributed by atoms with Crippen molar-refractivity contribution < 1.29 is 23.7 Å². The van der Waals surface area contributed by atoms with Crippen LogP contribution in [-0.4, -0.2) is 27.6 Å². The van der Waals surface area contributed by atoms with Crippen molar-refractivity contribution in [2.75, 3.05) is 27.6 Å². The second-order valence-electron chi connectivity index (χ2n) is 7.94. The Kier molecular flexibility index (Phi) is 5.77. The molecule has 5 rings (SSSR count). The fourth-order valence-electron chi connectivity index (χ4n) is 4.44. The highest BCUT2D eigenvalue weighted by atomic mass is 16.7. The Labute approximate surface area is 188 Å². The molecule has 0 saturated heterocycles. The van der Waals surface area contributed by atoms with E-state index in [0.717, 1.165) is 59.1 Å². The van der Waals surface area contributed by atoms with Gasteiger partial charge in [-0.2, -0.15) is 0 Å². The second-order valence-corrected chi connectivity index (χ2v) is 7.94. The lowest BCUT2D eigenvalue weighted by atomic mass is 9.89. The first kappa shape index (κ1) is 20.5. The molecule has 32 heavy (non-hydrogen) atoms. The first-order valence-electron chi connectivity index (χ1n) is 10.8. The van der Waals surface area contributed by atoms with Crippen LogP contribution in [0, 0.1) is 0 Å². The van der Waals surface area contributed by atoms with Crippen LogP contribution in [0.3, 0.4) is 0 Å². The maximum atomic E-state index is 6.11. The van der Waals surface area contributed by atoms with E-state index in [1.54, 1.807) is 14.2 Å². The lowest BCUT2D eigenvalue weighted by Crippen LogP contribution is -2.31. The third kappa shape index (κ3) is 3.94. The Morgan fingerprint density at radius 1 is 0.875 bits per heavy atom. The number of ether oxygens (including phenoxy) is 5. The van der Waals surface area contributed by atoms with E-state index in [9.17, 15) is 0 Å². The maximum Gasteiger partial charge on any atom is 0.231 e. The maximum absolute atomic E-state index is 6.11. The Balaban J connectivity index is 1.41. The Morgan fingerprint density at radius 3 is 2.50 bits per heavy atom. The van der Waals surface area contributed by atoms with Gasteiger partial charge in [0.05, 0.1) is 14.2 Å². The lowest BCUT2D eigenvalue weighted by Gasteiger charge is -2.29. The molecule has 2 heterocycles. The molecule has 1 unspecified atom stereocenters. The first-order valence-corrected chi connectivity index (χ1v) is 10.8. The second kappa shape index (κ2) is 9.01. The lowest BCUT2D eigenvalue weighted by molar-refractivity contribution is 0.170. The summed E-state index contributed by atoms with van der Waals surface area (Å²) in [5.74, 6) is 3.69. The molecular formula is C26H27NO5. The minimum absolute atomic E-state index is 0.107. The van der Waals surface area contributed by atoms with E-state index in [4.69, 9.17) is 23.7 Å². The largest absolute Gasteiger partial charge is 0.493 e. The summed E-state index contributed by atoms with van der Waals surface area (Å²) in [6, 6.07) is 18.4. The van der Waals surface area contributed by atoms with Gasteiger partial charge in [-0.15, -0.1) is 0 Å². The molecule has 0 aromatic heterocycles. The van der Waals surface area contributed by atoms with Crippen molar-refractivity contribution in [2.45, 2.75) is 25.5 Å². The SMILES string of the molecule is COc1ccc(CC2NCCc3cc(OC)c4c(c32)OCO4)cc1OCc1ccccc1. The zero-order valence-corrected chi connectivity index (χ0v) is 18.4. The molecule has 0 amide bonds. The number of methoxy groups -OCH3 is 2. The van der Waals surface area contributed by atoms with Crippen LogP contribution in [-0.2, 0) is 19.4 Å². The molecule has 0 aliphatic carbocycles. The van der Waals surface area contributed by atoms with Crippen molar-refractivity contribution in [2.24, 2.45) is 0 Å². The minimum atomic E-state index is 0.107. The third-order valence-corrected chi connectivity index (χ3v) is 5.99. The van der Waals surface area contributed by atoms with Crippen LogP contribution >= 0.6 is 0 Å². The highest BCUT2D eigenvalue weighted by molar-refractivity contribution is 5.62. The van der Waals surface area contributed by atoms with Gasteiger partial charge in [0, 0.05) is 11.6 Å². The minimum Gasteiger partial charge on any atom is -0.493 e. The molecule has 6 nitrogen and oxygen atoms in total. The zero-order valence-electron chi connectivity index (χ0n) is 18.4. The quantitative estimate of drug-likeness (QED) is 0.595. The van der Waals surface area contributed by atoms with Crippen molar-refractivity contribution in [1.82, 2.24) is 5.32 Å². The van der Waals surface area contributed by atoms with Crippen LogP contribution in [0.1, 0.15) is 28.3 Å². The third-order valence-electron chi connectivity index (χ3n) is 5.99. The van der Waals surface area contributed by atoms with Gasteiger partial charge in [-0.3, -0.25) is 0 Å². The summed E-state index contributed by atoms with van der Waals surface area (Å²) in [5, 5.41) is 3.65. The summed E-state index contributed by atoms with van der Waals surface area (Å²) in [6.07, 6.45) is 1.72. The predicted molar refractivity (Wildman–Crippen MR) is 121 cm³/mol. The van der Waals surface area contributed by atoms with E-state index in [-0.39, 0.29) is 12.8 Å². The summed E-state index contributed by atoms with van der Waals surface area (Å²) in [7, 11) is 3.33. The van der Waals surface area contributed by atoms with Crippen LogP contribution in [0.5, 0.6) is 28.7 Å². The summed E-state index contributed by atoms with van der Waals surface area (Å²) in [5.41, 5.74) is 4.67. The van der Waals surface area contributed by atoms with E-state index < -0.39 is 0 Å². The molecule has 166 valence electrons. The van der Waals surface area contributed by atoms with E-state index >= 15 is 0 Å². The molecule has 1 atom stereocenters. The molecule has 2 aliphatic rings. The number of hydrogen-bond donors (Lipinski definition) is 1. The molecule has 0 radical (unpaired) electrons. The van der Waals surface area contributed by atoms with Gasteiger partial charge >= 0.3 is 0 Å². The fraction of sp³-hybridized carbons (Fsp3) is 0.308. The smallest absolute Gasteiger partial charge is 0.231 e. The Hall–Kier alpha value is -3.38. The van der Waals surface area contributed by atoms with E-state index in [1.165, 1.54) is 5.56 Å². The first-order chi connectivity index (χ1) is 15.8. The van der Waals surface area contributed by atoms with Crippen molar-refractivity contribution in [3.8, 4) is 28.7 Å². The standard InChI is InChI=1S/C26H27NO5/c1-28-21-9-8-18(13-22(21)30-15-17-6-4-3-5-7-17)12-20-24-19(10-11-27-20)14-23(29-2)25-26(24)32-16-31-25/h3-9,13-14,20,27H,10-12,15-16H2,1-2H3. The van der Waals surface area contributed by atoms with Crippen LogP contribution in [0.2, 0.25) is 0 Å². The van der Waals surface area contributed by atoms with Gasteiger partial charge < -0.3 is 29.0 Å². The number of rotatable bonds is 7. The van der Waals surface area contributed by atoms with Gasteiger partial charge in [0.25, 0.3) is 0 Å². The molecule has 1 N–H and O–H groups in total. The molecule has 2 aliphatic heterocycles. The van der Waals surface area contributed by atoms with Crippen molar-refractivity contribution >= 4 is 0 Å². The molecule has 3 aromatic rings. The van der Waals surface area contributed by atoms with Crippen LogP contribution < -0.4 is 29.0 Å². The highest BCUT2D eigenvalue weighted by Gasteiger charge is 2.32. The Bertz CT molecular complexity index is 1100. The molecule has 0 bridgehead atoms. The monoisotopic (exact) mass is 433 g/mol. The average Bonchev–Trinajstić information content (AvgIpc) is 3.33. The van der Waals surface area contributed by atoms with Gasteiger partial charge in [-0.25, -0.2) is 0 Å². The molecule has 3 aromatic carbocycles. The van der Waals surface area contributed by atoms with Crippen molar-refractivity contribution in [3.05, 3.63) is 76.9 Å². The number of benzene rings is 3. The fourth-order valence-corrected chi connectivity index (χ4v) is 4.44. The van der Waals surface area contributed by atoms with E-state index in [0.29, 0.717) is 12.4 Å². The summed E-state index contributed by atoms with van der Waals surface area (Å²) < 4.78 is 28.7. The zero-order chi connectivity index (χ0) is 21.9. The van der Waals surface area contributed by atoms with Crippen LogP contribution in [0.15, 0.2) is 54.6 Å². The van der Waals surface area contributed by atoms with Crippen LogP contribution in [0.25, 0.3) is 0 Å². The van der Waals surface area contributed by atoms with Gasteiger partial charge in [-0.05, 0) is 54.3 Å². The molecular weight excluding hydrogens is 406 g/mol. The normalized spacial score (nSPS) is 16.4. The summed E-state index contributed by atoms with van der Waals surface area (Å²) in [6.45, 7) is 1.60. The van der Waals surface area contributed by atoms with Crippen molar-refractivity contribution in [3.63, 3.8) is 0 Å². The van der Waals surface area contributed by atoms with Gasteiger partial charge in [-0.1, -0.05) is 36.4 Å². The Morgan fingerprint density at radius 2 is 1.69 bits per heavy atom. The number of fused-ring (bicyclic) bond motifs is 3. The molecule has 6 heteroatoms. The topological polar surface area (TPSA) is 58.2 Å². The van der Waals surface area contributed by atoms with Crippen LogP contribution in [0.4, 0.5) is 0 Å². The number of hydrogen-bond acceptors (Lipinski definition) is 6. The summed E-state index contributed by atoms with van der Waals surface area (Å²) in [4.78, 5) is 0.